The maximum atomic E-state index is 13.7. The number of benzene rings is 3. The van der Waals surface area contributed by atoms with E-state index in [0.717, 1.165) is 37.4 Å². The summed E-state index contributed by atoms with van der Waals surface area (Å²) >= 11 is 0. The van der Waals surface area contributed by atoms with Crippen LogP contribution >= 0.6 is 0 Å². The monoisotopic (exact) mass is 593 g/mol. The molecule has 0 saturated carbocycles. The molecule has 0 radical (unpaired) electrons. The van der Waals surface area contributed by atoms with E-state index in [4.69, 9.17) is 9.47 Å². The van der Waals surface area contributed by atoms with Crippen molar-refractivity contribution >= 4 is 33.3 Å². The van der Waals surface area contributed by atoms with Crippen molar-refractivity contribution in [1.82, 2.24) is 4.90 Å². The number of amides is 1. The molecule has 0 aromatic heterocycles. The minimum atomic E-state index is -3.73. The van der Waals surface area contributed by atoms with Crippen LogP contribution in [0, 0.1) is 5.92 Å². The summed E-state index contributed by atoms with van der Waals surface area (Å²) in [6, 6.07) is 22.8. The number of ether oxygens (including phenoxy) is 2. The second kappa shape index (κ2) is 14.3. The molecule has 1 atom stereocenters. The number of carbonyl (C=O) groups is 2. The fourth-order valence-electron chi connectivity index (χ4n) is 5.23. The molecule has 1 aliphatic rings. The average Bonchev–Trinajstić information content (AvgIpc) is 3.00. The number of sulfonamides is 1. The summed E-state index contributed by atoms with van der Waals surface area (Å²) in [5, 5.41) is 2.96. The van der Waals surface area contributed by atoms with E-state index in [1.807, 2.05) is 49.4 Å². The third-order valence-electron chi connectivity index (χ3n) is 7.65. The molecule has 1 aliphatic heterocycles. The Balaban J connectivity index is 1.39. The van der Waals surface area contributed by atoms with E-state index in [0.29, 0.717) is 23.2 Å². The van der Waals surface area contributed by atoms with Crippen molar-refractivity contribution in [3.63, 3.8) is 0 Å². The van der Waals surface area contributed by atoms with E-state index in [-0.39, 0.29) is 30.2 Å². The van der Waals surface area contributed by atoms with Gasteiger partial charge in [-0.15, -0.1) is 0 Å². The summed E-state index contributed by atoms with van der Waals surface area (Å²) in [6.45, 7) is 3.84. The molecule has 0 spiro atoms. The molecule has 42 heavy (non-hydrogen) atoms. The number of carbonyl (C=O) groups excluding carboxylic acids is 2. The highest BCUT2D eigenvalue weighted by atomic mass is 32.2. The molecule has 4 rings (SSSR count). The number of methoxy groups -OCH3 is 2. The first-order chi connectivity index (χ1) is 20.2. The van der Waals surface area contributed by atoms with Gasteiger partial charge in [0.1, 0.15) is 5.75 Å². The zero-order chi connectivity index (χ0) is 30.1. The lowest BCUT2D eigenvalue weighted by molar-refractivity contribution is -0.117. The molecule has 1 amide bonds. The van der Waals surface area contributed by atoms with Crippen LogP contribution in [-0.4, -0.2) is 65.1 Å². The van der Waals surface area contributed by atoms with Crippen LogP contribution < -0.4 is 14.4 Å². The lowest BCUT2D eigenvalue weighted by Crippen LogP contribution is -2.48. The van der Waals surface area contributed by atoms with E-state index >= 15 is 0 Å². The van der Waals surface area contributed by atoms with E-state index in [1.165, 1.54) is 11.4 Å². The molecule has 1 N–H and O–H groups in total. The van der Waals surface area contributed by atoms with Crippen LogP contribution in [0.4, 0.5) is 11.4 Å². The third kappa shape index (κ3) is 8.33. The standard InChI is InChI=1S/C32H39N3O6S/c1-24(34-19-17-25(18-20-34)21-31(36)33-28-11-15-30(40-2)16-12-28)22-35(29-13-9-27(10-14-29)32(37)41-3)42(38,39)23-26-7-5-4-6-8-26/h4-16,24-25H,17-23H2,1-3H3,(H,33,36)/t24-/m1/s1. The summed E-state index contributed by atoms with van der Waals surface area (Å²) in [7, 11) is -0.819. The van der Waals surface area contributed by atoms with Crippen molar-refractivity contribution in [2.75, 3.05) is 43.5 Å². The molecular weight excluding hydrogens is 554 g/mol. The molecule has 3 aromatic carbocycles. The van der Waals surface area contributed by atoms with Crippen LogP contribution in [-0.2, 0) is 25.3 Å². The van der Waals surface area contributed by atoms with Crippen LogP contribution in [0.5, 0.6) is 5.75 Å². The van der Waals surface area contributed by atoms with Crippen molar-refractivity contribution in [3.8, 4) is 5.75 Å². The average molecular weight is 594 g/mol. The lowest BCUT2D eigenvalue weighted by Gasteiger charge is -2.38. The van der Waals surface area contributed by atoms with E-state index in [9.17, 15) is 18.0 Å². The number of anilines is 2. The van der Waals surface area contributed by atoms with Crippen molar-refractivity contribution in [1.29, 1.82) is 0 Å². The van der Waals surface area contributed by atoms with Gasteiger partial charge in [0, 0.05) is 24.7 Å². The zero-order valence-corrected chi connectivity index (χ0v) is 25.2. The fourth-order valence-corrected chi connectivity index (χ4v) is 6.88. The Hall–Kier alpha value is -3.89. The van der Waals surface area contributed by atoms with Gasteiger partial charge < -0.3 is 14.8 Å². The maximum Gasteiger partial charge on any atom is 0.337 e. The Morgan fingerprint density at radius 1 is 0.952 bits per heavy atom. The highest BCUT2D eigenvalue weighted by Gasteiger charge is 2.30. The summed E-state index contributed by atoms with van der Waals surface area (Å²) in [4.78, 5) is 26.9. The lowest BCUT2D eigenvalue weighted by atomic mass is 9.92. The predicted octanol–water partition coefficient (Wildman–Crippen LogP) is 4.95. The first kappa shape index (κ1) is 31.1. The Morgan fingerprint density at radius 2 is 1.60 bits per heavy atom. The SMILES string of the molecule is COC(=O)c1ccc(N(C[C@@H](C)N2CCC(CC(=O)Nc3ccc(OC)cc3)CC2)S(=O)(=O)Cc2ccccc2)cc1. The second-order valence-electron chi connectivity index (χ2n) is 10.6. The first-order valence-electron chi connectivity index (χ1n) is 14.1. The number of hydrogen-bond donors (Lipinski definition) is 1. The minimum absolute atomic E-state index is 0.0137. The van der Waals surface area contributed by atoms with E-state index < -0.39 is 16.0 Å². The summed E-state index contributed by atoms with van der Waals surface area (Å²) in [6.07, 6.45) is 2.15. The molecule has 1 saturated heterocycles. The number of nitrogens with zero attached hydrogens (tertiary/aromatic N) is 2. The Morgan fingerprint density at radius 3 is 2.19 bits per heavy atom. The van der Waals surface area contributed by atoms with Crippen molar-refractivity contribution in [2.45, 2.75) is 38.0 Å². The molecule has 224 valence electrons. The van der Waals surface area contributed by atoms with Crippen LogP contribution in [0.25, 0.3) is 0 Å². The molecule has 1 fully saturated rings. The zero-order valence-electron chi connectivity index (χ0n) is 24.4. The highest BCUT2D eigenvalue weighted by Crippen LogP contribution is 2.27. The molecule has 3 aromatic rings. The second-order valence-corrected chi connectivity index (χ2v) is 12.5. The molecule has 9 nitrogen and oxygen atoms in total. The molecule has 0 aliphatic carbocycles. The summed E-state index contributed by atoms with van der Waals surface area (Å²) < 4.78 is 38.8. The molecule has 10 heteroatoms. The molecular formula is C32H39N3O6S. The number of likely N-dealkylation sites (tertiary alicyclic amines) is 1. The van der Waals surface area contributed by atoms with Crippen LogP contribution in [0.15, 0.2) is 78.9 Å². The Bertz CT molecular complexity index is 1420. The predicted molar refractivity (Wildman–Crippen MR) is 164 cm³/mol. The highest BCUT2D eigenvalue weighted by molar-refractivity contribution is 7.92. The summed E-state index contributed by atoms with van der Waals surface area (Å²) in [5.74, 6) is 0.369. The van der Waals surface area contributed by atoms with Gasteiger partial charge in [0.2, 0.25) is 15.9 Å². The fraction of sp³-hybridized carbons (Fsp3) is 0.375. The van der Waals surface area contributed by atoms with Crippen molar-refractivity contribution in [2.24, 2.45) is 5.92 Å². The third-order valence-corrected chi connectivity index (χ3v) is 9.38. The number of piperidine rings is 1. The normalized spacial score (nSPS) is 15.0. The van der Waals surface area contributed by atoms with Crippen molar-refractivity contribution in [3.05, 3.63) is 90.0 Å². The maximum absolute atomic E-state index is 13.7. The van der Waals surface area contributed by atoms with Gasteiger partial charge in [0.05, 0.1) is 31.2 Å². The van der Waals surface area contributed by atoms with Gasteiger partial charge in [-0.05, 0) is 92.9 Å². The first-order valence-corrected chi connectivity index (χ1v) is 15.7. The van der Waals surface area contributed by atoms with Crippen molar-refractivity contribution < 1.29 is 27.5 Å². The quantitative estimate of drug-likeness (QED) is 0.297. The Kier molecular flexibility index (Phi) is 10.6. The minimum Gasteiger partial charge on any atom is -0.497 e. The number of rotatable bonds is 12. The smallest absolute Gasteiger partial charge is 0.337 e. The van der Waals surface area contributed by atoms with Gasteiger partial charge in [0.15, 0.2) is 0 Å². The van der Waals surface area contributed by atoms with Crippen LogP contribution in [0.1, 0.15) is 42.1 Å². The molecule has 0 bridgehead atoms. The largest absolute Gasteiger partial charge is 0.497 e. The van der Waals surface area contributed by atoms with Gasteiger partial charge in [-0.25, -0.2) is 13.2 Å². The number of nitrogens with one attached hydrogen (secondary N) is 1. The van der Waals surface area contributed by atoms with Gasteiger partial charge in [-0.3, -0.25) is 14.0 Å². The topological polar surface area (TPSA) is 105 Å². The van der Waals surface area contributed by atoms with Gasteiger partial charge >= 0.3 is 5.97 Å². The van der Waals surface area contributed by atoms with Gasteiger partial charge in [-0.1, -0.05) is 30.3 Å². The Labute approximate surface area is 248 Å². The summed E-state index contributed by atoms with van der Waals surface area (Å²) in [5.41, 5.74) is 2.29. The van der Waals surface area contributed by atoms with E-state index in [2.05, 4.69) is 10.2 Å². The van der Waals surface area contributed by atoms with Gasteiger partial charge in [0.25, 0.3) is 0 Å². The number of esters is 1. The molecule has 1 heterocycles. The number of hydrogen-bond acceptors (Lipinski definition) is 7. The van der Waals surface area contributed by atoms with E-state index in [1.54, 1.807) is 43.5 Å². The van der Waals surface area contributed by atoms with Gasteiger partial charge in [-0.2, -0.15) is 0 Å². The van der Waals surface area contributed by atoms with Crippen LogP contribution in [0.2, 0.25) is 0 Å². The molecule has 0 unspecified atom stereocenters. The van der Waals surface area contributed by atoms with Crippen LogP contribution in [0.3, 0.4) is 0 Å².